The summed E-state index contributed by atoms with van der Waals surface area (Å²) >= 11 is 0. The van der Waals surface area contributed by atoms with Gasteiger partial charge < -0.3 is 15.0 Å². The van der Waals surface area contributed by atoms with Crippen molar-refractivity contribution in [1.82, 2.24) is 10.2 Å². The molecule has 1 atom stereocenters. The Balaban J connectivity index is 1.83. The third-order valence-electron chi connectivity index (χ3n) is 4.46. The highest BCUT2D eigenvalue weighted by molar-refractivity contribution is 5.68. The normalized spacial score (nSPS) is 19.0. The number of hydrogen-bond acceptors (Lipinski definition) is 3. The highest BCUT2D eigenvalue weighted by Gasteiger charge is 2.25. The Labute approximate surface area is 146 Å². The van der Waals surface area contributed by atoms with Gasteiger partial charge in [-0.1, -0.05) is 23.8 Å². The minimum Gasteiger partial charge on any atom is -0.444 e. The van der Waals surface area contributed by atoms with E-state index in [0.717, 1.165) is 38.9 Å². The topological polar surface area (TPSA) is 41.6 Å². The molecule has 4 nitrogen and oxygen atoms in total. The van der Waals surface area contributed by atoms with E-state index in [1.165, 1.54) is 16.7 Å². The minimum absolute atomic E-state index is 0.183. The summed E-state index contributed by atoms with van der Waals surface area (Å²) in [6, 6.07) is 7.06. The lowest BCUT2D eigenvalue weighted by molar-refractivity contribution is 0.0256. The zero-order valence-electron chi connectivity index (χ0n) is 15.8. The number of carbonyl (C=O) groups is 1. The Kier molecular flexibility index (Phi) is 6.27. The van der Waals surface area contributed by atoms with E-state index in [1.807, 2.05) is 25.7 Å². The lowest BCUT2D eigenvalue weighted by Gasteiger charge is -2.26. The summed E-state index contributed by atoms with van der Waals surface area (Å²) in [5, 5.41) is 3.67. The van der Waals surface area contributed by atoms with Crippen LogP contribution in [0.5, 0.6) is 0 Å². The number of amides is 1. The van der Waals surface area contributed by atoms with Gasteiger partial charge in [-0.15, -0.1) is 0 Å². The number of nitrogens with zero attached hydrogens (tertiary/aromatic N) is 1. The van der Waals surface area contributed by atoms with E-state index in [4.69, 9.17) is 4.74 Å². The fourth-order valence-electron chi connectivity index (χ4n) is 3.11. The SMILES string of the molecule is Cc1ccc(CNC2CCCN(C(=O)OC(C)(C)C)CC2)c(C)c1. The van der Waals surface area contributed by atoms with Gasteiger partial charge in [0.05, 0.1) is 0 Å². The number of hydrogen-bond donors (Lipinski definition) is 1. The molecule has 1 unspecified atom stereocenters. The second-order valence-corrected chi connectivity index (χ2v) is 7.91. The maximum Gasteiger partial charge on any atom is 0.410 e. The maximum absolute atomic E-state index is 12.2. The molecule has 1 heterocycles. The monoisotopic (exact) mass is 332 g/mol. The molecular formula is C20H32N2O2. The van der Waals surface area contributed by atoms with Gasteiger partial charge in [0.2, 0.25) is 0 Å². The van der Waals surface area contributed by atoms with Crippen molar-refractivity contribution in [3.63, 3.8) is 0 Å². The maximum atomic E-state index is 12.2. The number of aryl methyl sites for hydroxylation is 2. The van der Waals surface area contributed by atoms with Gasteiger partial charge in [0.1, 0.15) is 5.60 Å². The molecular weight excluding hydrogens is 300 g/mol. The van der Waals surface area contributed by atoms with Crippen LogP contribution in [0.4, 0.5) is 4.79 Å². The summed E-state index contributed by atoms with van der Waals surface area (Å²) in [7, 11) is 0. The van der Waals surface area contributed by atoms with E-state index < -0.39 is 5.60 Å². The van der Waals surface area contributed by atoms with Gasteiger partial charge in [0.15, 0.2) is 0 Å². The average molecular weight is 332 g/mol. The summed E-state index contributed by atoms with van der Waals surface area (Å²) in [5.74, 6) is 0. The van der Waals surface area contributed by atoms with Crippen LogP contribution in [0.25, 0.3) is 0 Å². The summed E-state index contributed by atoms with van der Waals surface area (Å²) in [4.78, 5) is 14.1. The molecule has 0 aromatic heterocycles. The van der Waals surface area contributed by atoms with Crippen LogP contribution in [0.1, 0.15) is 56.7 Å². The second-order valence-electron chi connectivity index (χ2n) is 7.91. The number of nitrogens with one attached hydrogen (secondary N) is 1. The number of benzene rings is 1. The fourth-order valence-corrected chi connectivity index (χ4v) is 3.11. The standard InChI is InChI=1S/C20H32N2O2/c1-15-8-9-17(16(2)13-15)14-21-18-7-6-11-22(12-10-18)19(23)24-20(3,4)5/h8-9,13,18,21H,6-7,10-12,14H2,1-5H3. The van der Waals surface area contributed by atoms with E-state index in [2.05, 4.69) is 37.4 Å². The van der Waals surface area contributed by atoms with Gasteiger partial charge in [-0.25, -0.2) is 4.79 Å². The van der Waals surface area contributed by atoms with E-state index in [9.17, 15) is 4.79 Å². The summed E-state index contributed by atoms with van der Waals surface area (Å²) in [6.07, 6.45) is 2.91. The molecule has 1 aliphatic heterocycles. The Morgan fingerprint density at radius 3 is 2.67 bits per heavy atom. The van der Waals surface area contributed by atoms with Crippen molar-refractivity contribution in [2.75, 3.05) is 13.1 Å². The Morgan fingerprint density at radius 1 is 1.25 bits per heavy atom. The van der Waals surface area contributed by atoms with E-state index in [-0.39, 0.29) is 6.09 Å². The van der Waals surface area contributed by atoms with Crippen molar-refractivity contribution in [2.24, 2.45) is 0 Å². The molecule has 1 aliphatic rings. The molecule has 1 amide bonds. The number of rotatable bonds is 3. The first-order chi connectivity index (χ1) is 11.2. The molecule has 2 rings (SSSR count). The Bertz CT molecular complexity index is 563. The van der Waals surface area contributed by atoms with Gasteiger partial charge >= 0.3 is 6.09 Å². The third kappa shape index (κ3) is 5.82. The van der Waals surface area contributed by atoms with Crippen LogP contribution in [0.2, 0.25) is 0 Å². The van der Waals surface area contributed by atoms with Crippen molar-refractivity contribution in [1.29, 1.82) is 0 Å². The van der Waals surface area contributed by atoms with Gasteiger partial charge in [0, 0.05) is 25.7 Å². The van der Waals surface area contributed by atoms with Gasteiger partial charge in [-0.2, -0.15) is 0 Å². The van der Waals surface area contributed by atoms with Crippen molar-refractivity contribution in [3.8, 4) is 0 Å². The predicted octanol–water partition coefficient (Wildman–Crippen LogP) is 4.18. The van der Waals surface area contributed by atoms with Gasteiger partial charge in [-0.05, 0) is 65.0 Å². The first kappa shape index (κ1) is 18.8. The molecule has 0 spiro atoms. The number of likely N-dealkylation sites (tertiary alicyclic amines) is 1. The third-order valence-corrected chi connectivity index (χ3v) is 4.46. The molecule has 1 saturated heterocycles. The van der Waals surface area contributed by atoms with E-state index >= 15 is 0 Å². The Morgan fingerprint density at radius 2 is 2.00 bits per heavy atom. The van der Waals surface area contributed by atoms with Crippen molar-refractivity contribution in [3.05, 3.63) is 34.9 Å². The smallest absolute Gasteiger partial charge is 0.410 e. The van der Waals surface area contributed by atoms with Crippen LogP contribution >= 0.6 is 0 Å². The lowest BCUT2D eigenvalue weighted by Crippen LogP contribution is -2.38. The first-order valence-corrected chi connectivity index (χ1v) is 9.02. The molecule has 1 aromatic carbocycles. The average Bonchev–Trinajstić information content (AvgIpc) is 2.70. The minimum atomic E-state index is -0.427. The molecule has 24 heavy (non-hydrogen) atoms. The van der Waals surface area contributed by atoms with Crippen LogP contribution in [0, 0.1) is 13.8 Å². The predicted molar refractivity (Wildman–Crippen MR) is 98.2 cm³/mol. The van der Waals surface area contributed by atoms with Crippen LogP contribution in [0.3, 0.4) is 0 Å². The summed E-state index contributed by atoms with van der Waals surface area (Å²) < 4.78 is 5.49. The lowest BCUT2D eigenvalue weighted by atomic mass is 10.0. The fraction of sp³-hybridized carbons (Fsp3) is 0.650. The van der Waals surface area contributed by atoms with Crippen LogP contribution in [-0.4, -0.2) is 35.7 Å². The van der Waals surface area contributed by atoms with Crippen LogP contribution in [0.15, 0.2) is 18.2 Å². The van der Waals surface area contributed by atoms with E-state index in [0.29, 0.717) is 6.04 Å². The van der Waals surface area contributed by atoms with Crippen molar-refractivity contribution < 1.29 is 9.53 Å². The van der Waals surface area contributed by atoms with Crippen molar-refractivity contribution >= 4 is 6.09 Å². The molecule has 0 aliphatic carbocycles. The first-order valence-electron chi connectivity index (χ1n) is 9.02. The second kappa shape index (κ2) is 8.02. The largest absolute Gasteiger partial charge is 0.444 e. The number of carbonyl (C=O) groups excluding carboxylic acids is 1. The molecule has 0 bridgehead atoms. The zero-order chi connectivity index (χ0) is 17.7. The van der Waals surface area contributed by atoms with Crippen LogP contribution < -0.4 is 5.32 Å². The molecule has 0 saturated carbocycles. The van der Waals surface area contributed by atoms with E-state index in [1.54, 1.807) is 0 Å². The quantitative estimate of drug-likeness (QED) is 0.902. The summed E-state index contributed by atoms with van der Waals surface area (Å²) in [5.41, 5.74) is 3.57. The highest BCUT2D eigenvalue weighted by Crippen LogP contribution is 2.17. The molecule has 1 aromatic rings. The zero-order valence-corrected chi connectivity index (χ0v) is 15.8. The van der Waals surface area contributed by atoms with Gasteiger partial charge in [0.25, 0.3) is 0 Å². The molecule has 4 heteroatoms. The Hall–Kier alpha value is -1.55. The number of ether oxygens (including phenoxy) is 1. The highest BCUT2D eigenvalue weighted by atomic mass is 16.6. The molecule has 1 fully saturated rings. The van der Waals surface area contributed by atoms with Crippen molar-refractivity contribution in [2.45, 2.75) is 72.1 Å². The van der Waals surface area contributed by atoms with Gasteiger partial charge in [-0.3, -0.25) is 0 Å². The molecule has 1 N–H and O–H groups in total. The molecule has 0 radical (unpaired) electrons. The summed E-state index contributed by atoms with van der Waals surface area (Å²) in [6.45, 7) is 12.5. The van der Waals surface area contributed by atoms with Crippen LogP contribution in [-0.2, 0) is 11.3 Å². The molecule has 134 valence electrons.